The monoisotopic (exact) mass is 400 g/mol. The highest BCUT2D eigenvalue weighted by molar-refractivity contribution is 7.13. The van der Waals surface area contributed by atoms with Crippen LogP contribution in [0.25, 0.3) is 10.6 Å². The first-order valence-corrected chi connectivity index (χ1v) is 9.68. The SMILES string of the molecule is COc1cc(-c2nc(C(=O)Nc3ccccc3F)cs2)ccc1OCC(C)C. The summed E-state index contributed by atoms with van der Waals surface area (Å²) in [5, 5.41) is 4.84. The third-order valence-corrected chi connectivity index (χ3v) is 4.73. The number of anilines is 1. The number of nitrogens with one attached hydrogen (secondary N) is 1. The molecule has 2 aromatic carbocycles. The molecule has 0 saturated heterocycles. The Labute approximate surface area is 167 Å². The number of amides is 1. The number of thiazole rings is 1. The second-order valence-corrected chi connectivity index (χ2v) is 7.40. The van der Waals surface area contributed by atoms with Gasteiger partial charge in [-0.3, -0.25) is 4.79 Å². The van der Waals surface area contributed by atoms with E-state index >= 15 is 0 Å². The van der Waals surface area contributed by atoms with E-state index in [1.807, 2.05) is 18.2 Å². The van der Waals surface area contributed by atoms with E-state index in [9.17, 15) is 9.18 Å². The topological polar surface area (TPSA) is 60.5 Å². The van der Waals surface area contributed by atoms with Crippen LogP contribution >= 0.6 is 11.3 Å². The van der Waals surface area contributed by atoms with Gasteiger partial charge in [-0.15, -0.1) is 11.3 Å². The highest BCUT2D eigenvalue weighted by Gasteiger charge is 2.15. The molecular formula is C21H21FN2O3S. The summed E-state index contributed by atoms with van der Waals surface area (Å²) < 4.78 is 24.9. The maximum atomic E-state index is 13.7. The predicted molar refractivity (Wildman–Crippen MR) is 109 cm³/mol. The first kappa shape index (κ1) is 19.8. The zero-order chi connectivity index (χ0) is 20.1. The normalized spacial score (nSPS) is 10.8. The summed E-state index contributed by atoms with van der Waals surface area (Å²) in [5.74, 6) is 0.711. The zero-order valence-electron chi connectivity index (χ0n) is 15.9. The van der Waals surface area contributed by atoms with Crippen LogP contribution in [-0.4, -0.2) is 24.6 Å². The second kappa shape index (κ2) is 8.84. The Hall–Kier alpha value is -2.93. The molecule has 7 heteroatoms. The number of para-hydroxylation sites is 1. The molecule has 0 unspecified atom stereocenters. The van der Waals surface area contributed by atoms with Crippen molar-refractivity contribution < 1.29 is 18.7 Å². The summed E-state index contributed by atoms with van der Waals surface area (Å²) in [6, 6.07) is 11.5. The van der Waals surface area contributed by atoms with Crippen molar-refractivity contribution in [1.29, 1.82) is 0 Å². The van der Waals surface area contributed by atoms with Gasteiger partial charge in [0.2, 0.25) is 0 Å². The van der Waals surface area contributed by atoms with Gasteiger partial charge in [-0.1, -0.05) is 26.0 Å². The summed E-state index contributed by atoms with van der Waals surface area (Å²) in [4.78, 5) is 16.7. The van der Waals surface area contributed by atoms with Crippen LogP contribution in [0.15, 0.2) is 47.8 Å². The smallest absolute Gasteiger partial charge is 0.275 e. The number of halogens is 1. The molecule has 0 radical (unpaired) electrons. The van der Waals surface area contributed by atoms with Gasteiger partial charge in [0.15, 0.2) is 11.5 Å². The predicted octanol–water partition coefficient (Wildman–Crippen LogP) is 5.24. The van der Waals surface area contributed by atoms with Gasteiger partial charge in [-0.05, 0) is 36.2 Å². The number of nitrogens with zero attached hydrogens (tertiary/aromatic N) is 1. The highest BCUT2D eigenvalue weighted by atomic mass is 32.1. The molecule has 3 aromatic rings. The molecule has 0 spiro atoms. The Morgan fingerprint density at radius 1 is 1.21 bits per heavy atom. The quantitative estimate of drug-likeness (QED) is 0.589. The average Bonchev–Trinajstić information content (AvgIpc) is 3.18. The molecule has 0 saturated carbocycles. The minimum Gasteiger partial charge on any atom is -0.493 e. The number of hydrogen-bond acceptors (Lipinski definition) is 5. The molecule has 0 bridgehead atoms. The fraction of sp³-hybridized carbons (Fsp3) is 0.238. The Morgan fingerprint density at radius 2 is 2.00 bits per heavy atom. The minimum absolute atomic E-state index is 0.121. The standard InChI is InChI=1S/C21H21FN2O3S/c1-13(2)11-27-18-9-8-14(10-19(18)26-3)21-24-17(12-28-21)20(25)23-16-7-5-4-6-15(16)22/h4-10,12-13H,11H2,1-3H3,(H,23,25). The van der Waals surface area contributed by atoms with Crippen LogP contribution in [-0.2, 0) is 0 Å². The van der Waals surface area contributed by atoms with Crippen LogP contribution in [0.5, 0.6) is 11.5 Å². The fourth-order valence-electron chi connectivity index (χ4n) is 2.44. The number of aromatic nitrogens is 1. The van der Waals surface area contributed by atoms with Crippen LogP contribution in [0.4, 0.5) is 10.1 Å². The molecule has 1 N–H and O–H groups in total. The number of methoxy groups -OCH3 is 1. The lowest BCUT2D eigenvalue weighted by Gasteiger charge is -2.13. The third kappa shape index (κ3) is 4.67. The Morgan fingerprint density at radius 3 is 2.71 bits per heavy atom. The van der Waals surface area contributed by atoms with Crippen molar-refractivity contribution in [1.82, 2.24) is 4.98 Å². The summed E-state index contributed by atoms with van der Waals surface area (Å²) in [6.07, 6.45) is 0. The van der Waals surface area contributed by atoms with Gasteiger partial charge in [-0.2, -0.15) is 0 Å². The molecule has 0 aliphatic carbocycles. The molecule has 1 aromatic heterocycles. The third-order valence-electron chi connectivity index (χ3n) is 3.84. The molecule has 3 rings (SSSR count). The van der Waals surface area contributed by atoms with Gasteiger partial charge in [-0.25, -0.2) is 9.37 Å². The number of hydrogen-bond donors (Lipinski definition) is 1. The Bertz CT molecular complexity index is 972. The van der Waals surface area contributed by atoms with Crippen molar-refractivity contribution in [3.05, 3.63) is 59.4 Å². The van der Waals surface area contributed by atoms with Crippen molar-refractivity contribution in [3.8, 4) is 22.1 Å². The fourth-order valence-corrected chi connectivity index (χ4v) is 3.23. The number of carbonyl (C=O) groups excluding carboxylic acids is 1. The van der Waals surface area contributed by atoms with Crippen molar-refractivity contribution >= 4 is 22.9 Å². The van der Waals surface area contributed by atoms with E-state index in [-0.39, 0.29) is 11.4 Å². The van der Waals surface area contributed by atoms with Gasteiger partial charge in [0.1, 0.15) is 16.5 Å². The maximum Gasteiger partial charge on any atom is 0.275 e. The van der Waals surface area contributed by atoms with E-state index < -0.39 is 11.7 Å². The van der Waals surface area contributed by atoms with Crippen molar-refractivity contribution in [3.63, 3.8) is 0 Å². The number of ether oxygens (including phenoxy) is 2. The maximum absolute atomic E-state index is 13.7. The highest BCUT2D eigenvalue weighted by Crippen LogP contribution is 2.34. The van der Waals surface area contributed by atoms with Crippen LogP contribution < -0.4 is 14.8 Å². The number of carbonyl (C=O) groups is 1. The lowest BCUT2D eigenvalue weighted by atomic mass is 10.2. The van der Waals surface area contributed by atoms with Gasteiger partial charge < -0.3 is 14.8 Å². The van der Waals surface area contributed by atoms with Gasteiger partial charge in [0.05, 0.1) is 19.4 Å². The lowest BCUT2D eigenvalue weighted by molar-refractivity contribution is 0.102. The summed E-state index contributed by atoms with van der Waals surface area (Å²) in [6.45, 7) is 4.74. The van der Waals surface area contributed by atoms with Crippen molar-refractivity contribution in [2.75, 3.05) is 19.0 Å². The summed E-state index contributed by atoms with van der Waals surface area (Å²) >= 11 is 1.33. The van der Waals surface area contributed by atoms with Gasteiger partial charge in [0, 0.05) is 10.9 Å². The number of rotatable bonds is 7. The Balaban J connectivity index is 1.77. The van der Waals surface area contributed by atoms with Gasteiger partial charge >= 0.3 is 0 Å². The molecule has 1 heterocycles. The molecule has 0 aliphatic heterocycles. The van der Waals surface area contributed by atoms with E-state index in [1.165, 1.54) is 23.5 Å². The Kier molecular flexibility index (Phi) is 6.26. The second-order valence-electron chi connectivity index (χ2n) is 6.54. The molecule has 0 aliphatic rings. The largest absolute Gasteiger partial charge is 0.493 e. The van der Waals surface area contributed by atoms with Crippen LogP contribution in [0.1, 0.15) is 24.3 Å². The van der Waals surface area contributed by atoms with E-state index in [1.54, 1.807) is 24.6 Å². The zero-order valence-corrected chi connectivity index (χ0v) is 16.7. The summed E-state index contributed by atoms with van der Waals surface area (Å²) in [7, 11) is 1.58. The molecule has 5 nitrogen and oxygen atoms in total. The number of benzene rings is 2. The van der Waals surface area contributed by atoms with E-state index in [0.29, 0.717) is 29.0 Å². The molecule has 0 atom stereocenters. The van der Waals surface area contributed by atoms with Crippen molar-refractivity contribution in [2.24, 2.45) is 5.92 Å². The molecular weight excluding hydrogens is 379 g/mol. The van der Waals surface area contributed by atoms with Crippen molar-refractivity contribution in [2.45, 2.75) is 13.8 Å². The molecule has 28 heavy (non-hydrogen) atoms. The van der Waals surface area contributed by atoms with Crippen LogP contribution in [0.3, 0.4) is 0 Å². The minimum atomic E-state index is -0.493. The van der Waals surface area contributed by atoms with E-state index in [4.69, 9.17) is 9.47 Å². The van der Waals surface area contributed by atoms with Crippen LogP contribution in [0.2, 0.25) is 0 Å². The summed E-state index contributed by atoms with van der Waals surface area (Å²) in [5.41, 5.74) is 1.15. The molecule has 146 valence electrons. The van der Waals surface area contributed by atoms with Crippen LogP contribution in [0, 0.1) is 11.7 Å². The lowest BCUT2D eigenvalue weighted by Crippen LogP contribution is -2.13. The van der Waals surface area contributed by atoms with E-state index in [2.05, 4.69) is 24.1 Å². The first-order chi connectivity index (χ1) is 13.5. The molecule has 1 amide bonds. The van der Waals surface area contributed by atoms with E-state index in [0.717, 1.165) is 5.56 Å². The molecule has 0 fully saturated rings. The first-order valence-electron chi connectivity index (χ1n) is 8.80. The average molecular weight is 400 g/mol. The van der Waals surface area contributed by atoms with Gasteiger partial charge in [0.25, 0.3) is 5.91 Å².